The van der Waals surface area contributed by atoms with Crippen LogP contribution in [0.15, 0.2) is 22.8 Å². The first-order valence-electron chi connectivity index (χ1n) is 9.46. The molecule has 0 amide bonds. The summed E-state index contributed by atoms with van der Waals surface area (Å²) in [7, 11) is -0.509. The van der Waals surface area contributed by atoms with Crippen molar-refractivity contribution in [3.05, 3.63) is 29.5 Å². The number of ether oxygens (including phenoxy) is 1. The maximum Gasteiger partial charge on any atom is 0.494 e. The summed E-state index contributed by atoms with van der Waals surface area (Å²) in [5, 5.41) is 0.727. The van der Waals surface area contributed by atoms with E-state index < -0.39 is 18.3 Å². The number of fused-ring (bicyclic) bond motifs is 1. The Bertz CT molecular complexity index is 857. The van der Waals surface area contributed by atoms with Gasteiger partial charge in [0.1, 0.15) is 17.4 Å². The Balaban J connectivity index is 2.17. The molecule has 146 valence electrons. The average molecular weight is 372 g/mol. The van der Waals surface area contributed by atoms with E-state index in [9.17, 15) is 4.79 Å². The SMILES string of the molecule is CCOC(=O)c1coc2c(C(C)(C)C)cc(B3OC(C)(C)C(C)(C)O3)cc12. The van der Waals surface area contributed by atoms with Gasteiger partial charge in [-0.2, -0.15) is 0 Å². The summed E-state index contributed by atoms with van der Waals surface area (Å²) in [6, 6.07) is 3.98. The molecular weight excluding hydrogens is 343 g/mol. The van der Waals surface area contributed by atoms with Crippen molar-refractivity contribution in [2.45, 2.75) is 72.0 Å². The van der Waals surface area contributed by atoms with Crippen LogP contribution in [0.1, 0.15) is 71.3 Å². The normalized spacial score (nSPS) is 18.9. The van der Waals surface area contributed by atoms with E-state index in [0.717, 1.165) is 16.4 Å². The van der Waals surface area contributed by atoms with E-state index in [1.165, 1.54) is 6.26 Å². The van der Waals surface area contributed by atoms with Crippen LogP contribution in [-0.4, -0.2) is 30.9 Å². The molecule has 0 bridgehead atoms. The summed E-state index contributed by atoms with van der Waals surface area (Å²) in [5.74, 6) is -0.387. The van der Waals surface area contributed by atoms with Gasteiger partial charge in [0.05, 0.1) is 17.8 Å². The first-order chi connectivity index (χ1) is 12.4. The van der Waals surface area contributed by atoms with Crippen molar-refractivity contribution in [3.63, 3.8) is 0 Å². The minimum Gasteiger partial charge on any atom is -0.463 e. The van der Waals surface area contributed by atoms with Gasteiger partial charge in [-0.25, -0.2) is 4.79 Å². The third-order valence-corrected chi connectivity index (χ3v) is 5.52. The van der Waals surface area contributed by atoms with E-state index in [2.05, 4.69) is 26.8 Å². The molecular formula is C21H29BO5. The van der Waals surface area contributed by atoms with Gasteiger partial charge in [-0.15, -0.1) is 0 Å². The van der Waals surface area contributed by atoms with Gasteiger partial charge in [0, 0.05) is 10.9 Å². The molecule has 1 aromatic carbocycles. The third kappa shape index (κ3) is 3.41. The number of carbonyl (C=O) groups excluding carboxylic acids is 1. The van der Waals surface area contributed by atoms with Gasteiger partial charge in [-0.05, 0) is 45.5 Å². The van der Waals surface area contributed by atoms with E-state index in [4.69, 9.17) is 18.5 Å². The molecule has 2 heterocycles. The lowest BCUT2D eigenvalue weighted by molar-refractivity contribution is 0.00578. The zero-order valence-corrected chi connectivity index (χ0v) is 17.6. The lowest BCUT2D eigenvalue weighted by atomic mass is 9.74. The molecule has 2 aromatic rings. The predicted molar refractivity (Wildman–Crippen MR) is 107 cm³/mol. The van der Waals surface area contributed by atoms with Crippen molar-refractivity contribution in [3.8, 4) is 0 Å². The molecule has 0 aliphatic carbocycles. The maximum absolute atomic E-state index is 12.4. The molecule has 0 atom stereocenters. The third-order valence-electron chi connectivity index (χ3n) is 5.52. The van der Waals surface area contributed by atoms with Crippen LogP contribution in [-0.2, 0) is 19.5 Å². The maximum atomic E-state index is 12.4. The fourth-order valence-electron chi connectivity index (χ4n) is 3.20. The van der Waals surface area contributed by atoms with Crippen LogP contribution in [0.3, 0.4) is 0 Å². The Hall–Kier alpha value is -1.79. The molecule has 0 N–H and O–H groups in total. The number of benzene rings is 1. The van der Waals surface area contributed by atoms with Crippen LogP contribution in [0, 0.1) is 0 Å². The molecule has 1 aromatic heterocycles. The van der Waals surface area contributed by atoms with Crippen molar-refractivity contribution < 1.29 is 23.3 Å². The number of carbonyl (C=O) groups is 1. The van der Waals surface area contributed by atoms with Gasteiger partial charge in [0.15, 0.2) is 0 Å². The van der Waals surface area contributed by atoms with E-state index in [0.29, 0.717) is 17.8 Å². The predicted octanol–water partition coefficient (Wildman–Crippen LogP) is 4.21. The van der Waals surface area contributed by atoms with Crippen LogP contribution < -0.4 is 5.46 Å². The van der Waals surface area contributed by atoms with Gasteiger partial charge < -0.3 is 18.5 Å². The quantitative estimate of drug-likeness (QED) is 0.597. The van der Waals surface area contributed by atoms with Crippen LogP contribution in [0.25, 0.3) is 11.0 Å². The van der Waals surface area contributed by atoms with Gasteiger partial charge in [-0.3, -0.25) is 0 Å². The van der Waals surface area contributed by atoms with Crippen LogP contribution in [0.5, 0.6) is 0 Å². The Morgan fingerprint density at radius 3 is 2.22 bits per heavy atom. The van der Waals surface area contributed by atoms with Gasteiger partial charge in [0.25, 0.3) is 0 Å². The molecule has 3 rings (SSSR count). The zero-order chi connectivity index (χ0) is 20.2. The number of rotatable bonds is 3. The van der Waals surface area contributed by atoms with Crippen molar-refractivity contribution >= 4 is 29.5 Å². The first-order valence-corrected chi connectivity index (χ1v) is 9.46. The minimum atomic E-state index is -0.509. The van der Waals surface area contributed by atoms with Crippen molar-refractivity contribution in [1.82, 2.24) is 0 Å². The van der Waals surface area contributed by atoms with Gasteiger partial charge in [-0.1, -0.05) is 32.9 Å². The van der Waals surface area contributed by atoms with Crippen LogP contribution >= 0.6 is 0 Å². The van der Waals surface area contributed by atoms with Crippen molar-refractivity contribution in [2.24, 2.45) is 0 Å². The Labute approximate surface area is 161 Å². The highest BCUT2D eigenvalue weighted by atomic mass is 16.7. The Morgan fingerprint density at radius 2 is 1.70 bits per heavy atom. The number of hydrogen-bond acceptors (Lipinski definition) is 5. The summed E-state index contributed by atoms with van der Waals surface area (Å²) < 4.78 is 23.4. The summed E-state index contributed by atoms with van der Waals surface area (Å²) in [5.41, 5.74) is 1.95. The second-order valence-corrected chi connectivity index (χ2v) is 9.15. The van der Waals surface area contributed by atoms with Crippen molar-refractivity contribution in [1.29, 1.82) is 0 Å². The molecule has 1 aliphatic rings. The molecule has 1 saturated heterocycles. The summed E-state index contributed by atoms with van der Waals surface area (Å²) >= 11 is 0. The highest BCUT2D eigenvalue weighted by molar-refractivity contribution is 6.62. The topological polar surface area (TPSA) is 57.9 Å². The van der Waals surface area contributed by atoms with Crippen LogP contribution in [0.4, 0.5) is 0 Å². The first kappa shape index (κ1) is 20.0. The lowest BCUT2D eigenvalue weighted by Gasteiger charge is -2.32. The highest BCUT2D eigenvalue weighted by Crippen LogP contribution is 2.38. The van der Waals surface area contributed by atoms with E-state index in [-0.39, 0.29) is 11.4 Å². The second kappa shape index (κ2) is 6.38. The molecule has 5 nitrogen and oxygen atoms in total. The standard InChI is InChI=1S/C21H29BO5/c1-9-24-18(23)15-12-25-17-14(15)10-13(11-16(17)19(2,3)4)22-26-20(5,6)21(7,8)27-22/h10-12H,9H2,1-8H3. The molecule has 0 radical (unpaired) electrons. The smallest absolute Gasteiger partial charge is 0.463 e. The van der Waals surface area contributed by atoms with Gasteiger partial charge in [0.2, 0.25) is 0 Å². The molecule has 6 heteroatoms. The van der Waals surface area contributed by atoms with Gasteiger partial charge >= 0.3 is 13.1 Å². The second-order valence-electron chi connectivity index (χ2n) is 9.15. The molecule has 0 spiro atoms. The zero-order valence-electron chi connectivity index (χ0n) is 17.6. The number of furan rings is 1. The largest absolute Gasteiger partial charge is 0.494 e. The Morgan fingerprint density at radius 1 is 1.11 bits per heavy atom. The van der Waals surface area contributed by atoms with E-state index >= 15 is 0 Å². The molecule has 1 fully saturated rings. The summed E-state index contributed by atoms with van der Waals surface area (Å²) in [4.78, 5) is 12.4. The number of esters is 1. The lowest BCUT2D eigenvalue weighted by Crippen LogP contribution is -2.41. The minimum absolute atomic E-state index is 0.179. The molecule has 1 aliphatic heterocycles. The van der Waals surface area contributed by atoms with Crippen molar-refractivity contribution in [2.75, 3.05) is 6.61 Å². The summed E-state index contributed by atoms with van der Waals surface area (Å²) in [6.07, 6.45) is 1.48. The fourth-order valence-corrected chi connectivity index (χ4v) is 3.20. The molecule has 0 saturated carbocycles. The Kier molecular flexibility index (Phi) is 4.72. The monoisotopic (exact) mass is 372 g/mol. The van der Waals surface area contributed by atoms with E-state index in [1.807, 2.05) is 33.8 Å². The van der Waals surface area contributed by atoms with Crippen LogP contribution in [0.2, 0.25) is 0 Å². The molecule has 0 unspecified atom stereocenters. The highest BCUT2D eigenvalue weighted by Gasteiger charge is 2.52. The summed E-state index contributed by atoms with van der Waals surface area (Å²) in [6.45, 7) is 16.5. The fraction of sp³-hybridized carbons (Fsp3) is 0.571. The van der Waals surface area contributed by atoms with E-state index in [1.54, 1.807) is 6.92 Å². The molecule has 27 heavy (non-hydrogen) atoms. The number of hydrogen-bond donors (Lipinski definition) is 0. The average Bonchev–Trinajstić information content (AvgIpc) is 3.04.